The lowest BCUT2D eigenvalue weighted by Gasteiger charge is -2.37. The highest BCUT2D eigenvalue weighted by Crippen LogP contribution is 2.45. The maximum atomic E-state index is 12.9. The average Bonchev–Trinajstić information content (AvgIpc) is 2.67. The molecule has 0 aromatic heterocycles. The molecule has 3 amide bonds. The van der Waals surface area contributed by atoms with Crippen molar-refractivity contribution in [3.8, 4) is 0 Å². The smallest absolute Gasteiger partial charge is 0.325 e. The summed E-state index contributed by atoms with van der Waals surface area (Å²) in [5.41, 5.74) is 0. The lowest BCUT2D eigenvalue weighted by molar-refractivity contribution is -0.150. The van der Waals surface area contributed by atoms with E-state index in [0.717, 1.165) is 4.90 Å². The zero-order valence-corrected chi connectivity index (χ0v) is 17.4. The second-order valence-corrected chi connectivity index (χ2v) is 11.0. The van der Waals surface area contributed by atoms with E-state index >= 15 is 0 Å². The molecule has 10 nitrogen and oxygen atoms in total. The van der Waals surface area contributed by atoms with Crippen molar-refractivity contribution < 1.29 is 32.7 Å². The topological polar surface area (TPSA) is 150 Å². The molecule has 3 N–H and O–H groups in total. The lowest BCUT2D eigenvalue weighted by atomic mass is 9.96. The van der Waals surface area contributed by atoms with Crippen molar-refractivity contribution in [2.75, 3.05) is 0 Å². The van der Waals surface area contributed by atoms with Gasteiger partial charge in [0, 0.05) is 0 Å². The van der Waals surface area contributed by atoms with Gasteiger partial charge in [-0.25, -0.2) is 8.42 Å². The summed E-state index contributed by atoms with van der Waals surface area (Å²) in [6.07, 6.45) is 0.0722. The SMILES string of the molecule is CC(C)CC(NC(=O)C1N2C(=O)CC2S(=O)(=O)C1(C)C)C(=O)NC(C)C(=O)O. The van der Waals surface area contributed by atoms with E-state index in [-0.39, 0.29) is 18.8 Å². The Morgan fingerprint density at radius 1 is 1.21 bits per heavy atom. The molecular formula is C17H27N3O7S. The third-order valence-corrected chi connectivity index (χ3v) is 8.09. The Morgan fingerprint density at radius 2 is 1.79 bits per heavy atom. The molecule has 0 radical (unpaired) electrons. The summed E-state index contributed by atoms with van der Waals surface area (Å²) in [5, 5.41) is 12.8. The molecule has 2 saturated heterocycles. The number of carbonyl (C=O) groups is 4. The number of fused-ring (bicyclic) bond motifs is 1. The number of hydrogen-bond acceptors (Lipinski definition) is 6. The molecule has 11 heteroatoms. The van der Waals surface area contributed by atoms with Crippen LogP contribution >= 0.6 is 0 Å². The largest absolute Gasteiger partial charge is 0.480 e. The van der Waals surface area contributed by atoms with Gasteiger partial charge < -0.3 is 20.6 Å². The van der Waals surface area contributed by atoms with Crippen molar-refractivity contribution in [3.05, 3.63) is 0 Å². The monoisotopic (exact) mass is 417 g/mol. The highest BCUT2D eigenvalue weighted by Gasteiger charge is 2.67. The normalized spacial score (nSPS) is 26.8. The molecule has 2 aliphatic rings. The Bertz CT molecular complexity index is 806. The van der Waals surface area contributed by atoms with Gasteiger partial charge in [-0.2, -0.15) is 0 Å². The summed E-state index contributed by atoms with van der Waals surface area (Å²) >= 11 is 0. The summed E-state index contributed by atoms with van der Waals surface area (Å²) in [7, 11) is -3.74. The van der Waals surface area contributed by atoms with Crippen LogP contribution in [0.25, 0.3) is 0 Å². The first-order chi connectivity index (χ1) is 12.7. The van der Waals surface area contributed by atoms with Gasteiger partial charge in [-0.3, -0.25) is 19.2 Å². The Morgan fingerprint density at radius 3 is 2.25 bits per heavy atom. The predicted molar refractivity (Wildman–Crippen MR) is 98.7 cm³/mol. The number of carboxylic acid groups (broad SMARTS) is 1. The molecule has 158 valence electrons. The standard InChI is InChI=1S/C17H27N3O7S/c1-8(2)6-10(14(22)18-9(3)16(24)25)19-15(23)13-17(4,5)28(26,27)12-7-11(21)20(12)13/h8-10,12-13H,6-7H2,1-5H3,(H,18,22)(H,19,23)(H,24,25). The van der Waals surface area contributed by atoms with Crippen LogP contribution in [0.15, 0.2) is 0 Å². The number of aliphatic carboxylic acids is 1. The maximum Gasteiger partial charge on any atom is 0.325 e. The van der Waals surface area contributed by atoms with Gasteiger partial charge in [0.05, 0.1) is 11.2 Å². The van der Waals surface area contributed by atoms with Gasteiger partial charge in [0.2, 0.25) is 17.7 Å². The molecule has 0 spiro atoms. The van der Waals surface area contributed by atoms with Gasteiger partial charge >= 0.3 is 5.97 Å². The molecule has 2 heterocycles. The van der Waals surface area contributed by atoms with Crippen LogP contribution in [0.3, 0.4) is 0 Å². The number of nitrogens with zero attached hydrogens (tertiary/aromatic N) is 1. The van der Waals surface area contributed by atoms with Gasteiger partial charge in [-0.15, -0.1) is 0 Å². The molecule has 0 bridgehead atoms. The first kappa shape index (κ1) is 22.1. The molecule has 2 rings (SSSR count). The number of carbonyl (C=O) groups excluding carboxylic acids is 3. The molecule has 2 aliphatic heterocycles. The van der Waals surface area contributed by atoms with E-state index in [9.17, 15) is 27.6 Å². The molecule has 28 heavy (non-hydrogen) atoms. The molecule has 2 fully saturated rings. The maximum absolute atomic E-state index is 12.9. The summed E-state index contributed by atoms with van der Waals surface area (Å²) in [6, 6.07) is -3.45. The average molecular weight is 417 g/mol. The van der Waals surface area contributed by atoms with Crippen LogP contribution in [0, 0.1) is 5.92 Å². The summed E-state index contributed by atoms with van der Waals surface area (Å²) < 4.78 is 23.8. The van der Waals surface area contributed by atoms with Crippen LogP contribution in [-0.2, 0) is 29.0 Å². The molecule has 0 aromatic carbocycles. The quantitative estimate of drug-likeness (QED) is 0.461. The summed E-state index contributed by atoms with van der Waals surface area (Å²) in [4.78, 5) is 49.4. The van der Waals surface area contributed by atoms with E-state index < -0.39 is 61.8 Å². The van der Waals surface area contributed by atoms with Crippen LogP contribution in [-0.4, -0.2) is 70.4 Å². The van der Waals surface area contributed by atoms with E-state index in [2.05, 4.69) is 10.6 Å². The number of amides is 3. The third kappa shape index (κ3) is 3.59. The zero-order chi connectivity index (χ0) is 21.6. The van der Waals surface area contributed by atoms with Gasteiger partial charge in [-0.1, -0.05) is 13.8 Å². The fraction of sp³-hybridized carbons (Fsp3) is 0.765. The second kappa shape index (κ2) is 7.34. The van der Waals surface area contributed by atoms with Gasteiger partial charge in [0.1, 0.15) is 23.5 Å². The van der Waals surface area contributed by atoms with Crippen LogP contribution in [0.1, 0.15) is 47.5 Å². The van der Waals surface area contributed by atoms with Crippen LogP contribution in [0.5, 0.6) is 0 Å². The van der Waals surface area contributed by atoms with Crippen molar-refractivity contribution in [2.24, 2.45) is 5.92 Å². The van der Waals surface area contributed by atoms with E-state index in [1.54, 1.807) is 0 Å². The van der Waals surface area contributed by atoms with Gasteiger partial charge in [0.25, 0.3) is 0 Å². The predicted octanol–water partition coefficient (Wildman–Crippen LogP) is -0.759. The molecule has 0 saturated carbocycles. The van der Waals surface area contributed by atoms with Crippen molar-refractivity contribution >= 4 is 33.5 Å². The van der Waals surface area contributed by atoms with Gasteiger partial charge in [0.15, 0.2) is 9.84 Å². The second-order valence-electron chi connectivity index (χ2n) is 8.27. The molecular weight excluding hydrogens is 390 g/mol. The fourth-order valence-corrected chi connectivity index (χ4v) is 5.72. The zero-order valence-electron chi connectivity index (χ0n) is 16.6. The Kier molecular flexibility index (Phi) is 5.80. The number of rotatable bonds is 7. The van der Waals surface area contributed by atoms with Crippen LogP contribution in [0.4, 0.5) is 0 Å². The number of hydrogen-bond donors (Lipinski definition) is 3. The van der Waals surface area contributed by atoms with E-state index in [1.807, 2.05) is 13.8 Å². The van der Waals surface area contributed by atoms with Crippen molar-refractivity contribution in [1.82, 2.24) is 15.5 Å². The molecule has 0 aliphatic carbocycles. The first-order valence-electron chi connectivity index (χ1n) is 9.10. The van der Waals surface area contributed by atoms with Crippen molar-refractivity contribution in [2.45, 2.75) is 75.7 Å². The Labute approximate surface area is 163 Å². The highest BCUT2D eigenvalue weighted by molar-refractivity contribution is 7.93. The van der Waals surface area contributed by atoms with Gasteiger partial charge in [-0.05, 0) is 33.1 Å². The number of sulfone groups is 1. The number of nitrogens with one attached hydrogen (secondary N) is 2. The molecule has 4 atom stereocenters. The lowest BCUT2D eigenvalue weighted by Crippen LogP contribution is -2.62. The molecule has 0 aromatic rings. The van der Waals surface area contributed by atoms with E-state index in [4.69, 9.17) is 5.11 Å². The Hall–Kier alpha value is -2.17. The van der Waals surface area contributed by atoms with Crippen LogP contribution < -0.4 is 10.6 Å². The van der Waals surface area contributed by atoms with E-state index in [0.29, 0.717) is 0 Å². The fourth-order valence-electron chi connectivity index (χ4n) is 3.58. The minimum absolute atomic E-state index is 0.00473. The Balaban J connectivity index is 2.24. The highest BCUT2D eigenvalue weighted by atomic mass is 32.2. The minimum atomic E-state index is -3.74. The van der Waals surface area contributed by atoms with Crippen molar-refractivity contribution in [1.29, 1.82) is 0 Å². The van der Waals surface area contributed by atoms with E-state index in [1.165, 1.54) is 20.8 Å². The first-order valence-corrected chi connectivity index (χ1v) is 10.6. The minimum Gasteiger partial charge on any atom is -0.480 e. The number of carboxylic acids is 1. The summed E-state index contributed by atoms with van der Waals surface area (Å²) in [5.74, 6) is -3.08. The van der Waals surface area contributed by atoms with Crippen LogP contribution in [0.2, 0.25) is 0 Å². The number of β-lactam (4-membered cyclic amide) rings is 1. The van der Waals surface area contributed by atoms with Crippen molar-refractivity contribution in [3.63, 3.8) is 0 Å². The summed E-state index contributed by atoms with van der Waals surface area (Å²) in [6.45, 7) is 7.73. The molecule has 4 unspecified atom stereocenters. The third-order valence-electron chi connectivity index (χ3n) is 5.29.